The van der Waals surface area contributed by atoms with Crippen molar-refractivity contribution in [3.63, 3.8) is 0 Å². The molecule has 0 radical (unpaired) electrons. The van der Waals surface area contributed by atoms with E-state index in [1.54, 1.807) is 0 Å². The second-order valence-corrected chi connectivity index (χ2v) is 4.57. The fourth-order valence-corrected chi connectivity index (χ4v) is 1.60. The number of esters is 1. The Hall–Kier alpha value is -1.10. The number of nitrogens with zero attached hydrogens (tertiary/aromatic N) is 1. The Morgan fingerprint density at radius 3 is 2.35 bits per heavy atom. The summed E-state index contributed by atoms with van der Waals surface area (Å²) in [6, 6.07) is -0.536. The van der Waals surface area contributed by atoms with E-state index >= 15 is 0 Å². The van der Waals surface area contributed by atoms with Crippen molar-refractivity contribution in [2.24, 2.45) is 11.7 Å². The number of hydrogen-bond acceptors (Lipinski definition) is 4. The lowest BCUT2D eigenvalue weighted by Gasteiger charge is -2.24. The molecule has 0 bridgehead atoms. The lowest BCUT2D eigenvalue weighted by Crippen LogP contribution is -2.46. The Bertz CT molecular complexity index is 254. The van der Waals surface area contributed by atoms with Crippen molar-refractivity contribution in [1.29, 1.82) is 0 Å². The molecule has 0 aromatic heterocycles. The summed E-state index contributed by atoms with van der Waals surface area (Å²) in [6.45, 7) is 6.48. The van der Waals surface area contributed by atoms with Crippen molar-refractivity contribution in [3.8, 4) is 0 Å². The van der Waals surface area contributed by atoms with Crippen LogP contribution >= 0.6 is 0 Å². The Morgan fingerprint density at radius 2 is 1.94 bits per heavy atom. The van der Waals surface area contributed by atoms with E-state index in [2.05, 4.69) is 4.74 Å². The molecule has 0 aliphatic rings. The van der Waals surface area contributed by atoms with Gasteiger partial charge in [-0.25, -0.2) is 0 Å². The average Bonchev–Trinajstić information content (AvgIpc) is 2.26. The Kier molecular flexibility index (Phi) is 7.54. The van der Waals surface area contributed by atoms with Gasteiger partial charge in [-0.2, -0.15) is 0 Å². The molecule has 5 nitrogen and oxygen atoms in total. The Balaban J connectivity index is 4.46. The summed E-state index contributed by atoms with van der Waals surface area (Å²) in [5, 5.41) is 0. The van der Waals surface area contributed by atoms with Crippen LogP contribution in [0.1, 0.15) is 33.6 Å². The molecule has 1 atom stereocenters. The van der Waals surface area contributed by atoms with E-state index in [9.17, 15) is 9.59 Å². The van der Waals surface area contributed by atoms with Crippen molar-refractivity contribution < 1.29 is 14.3 Å². The van der Waals surface area contributed by atoms with Crippen LogP contribution < -0.4 is 5.73 Å². The van der Waals surface area contributed by atoms with Gasteiger partial charge in [-0.1, -0.05) is 20.8 Å². The van der Waals surface area contributed by atoms with Crippen molar-refractivity contribution >= 4 is 11.9 Å². The predicted octanol–water partition coefficient (Wildman–Crippen LogP) is 0.771. The van der Waals surface area contributed by atoms with Gasteiger partial charge in [0.05, 0.1) is 13.2 Å². The van der Waals surface area contributed by atoms with Crippen LogP contribution in [0.3, 0.4) is 0 Å². The molecule has 0 unspecified atom stereocenters. The summed E-state index contributed by atoms with van der Waals surface area (Å²) in [5.74, 6) is -0.231. The summed E-state index contributed by atoms with van der Waals surface area (Å²) in [4.78, 5) is 24.7. The average molecular weight is 244 g/mol. The zero-order valence-corrected chi connectivity index (χ0v) is 11.2. The molecule has 0 saturated carbocycles. The van der Waals surface area contributed by atoms with Crippen molar-refractivity contribution in [3.05, 3.63) is 0 Å². The van der Waals surface area contributed by atoms with Gasteiger partial charge in [-0.15, -0.1) is 0 Å². The summed E-state index contributed by atoms with van der Waals surface area (Å²) >= 11 is 0. The second kappa shape index (κ2) is 8.06. The molecule has 0 aromatic rings. The van der Waals surface area contributed by atoms with Gasteiger partial charge < -0.3 is 15.4 Å². The van der Waals surface area contributed by atoms with E-state index in [1.807, 2.05) is 20.8 Å². The molecular weight excluding hydrogens is 220 g/mol. The van der Waals surface area contributed by atoms with E-state index in [0.29, 0.717) is 18.9 Å². The Morgan fingerprint density at radius 1 is 1.35 bits per heavy atom. The number of carbonyl (C=O) groups excluding carboxylic acids is 2. The quantitative estimate of drug-likeness (QED) is 0.671. The largest absolute Gasteiger partial charge is 0.468 e. The first kappa shape index (κ1) is 15.9. The molecule has 100 valence electrons. The molecule has 0 fully saturated rings. The van der Waals surface area contributed by atoms with E-state index in [1.165, 1.54) is 12.0 Å². The first-order valence-corrected chi connectivity index (χ1v) is 6.03. The number of nitrogens with two attached hydrogens (primary N) is 1. The van der Waals surface area contributed by atoms with Crippen molar-refractivity contribution in [2.75, 3.05) is 20.2 Å². The minimum atomic E-state index is -0.536. The number of carbonyl (C=O) groups is 2. The number of ether oxygens (including phenoxy) is 1. The molecule has 0 aliphatic heterocycles. The van der Waals surface area contributed by atoms with Crippen LogP contribution in [0.2, 0.25) is 0 Å². The highest BCUT2D eigenvalue weighted by Crippen LogP contribution is 2.06. The SMILES string of the molecule is CCCN(CC(=O)OC)C(=O)[C@@H](N)CC(C)C. The minimum Gasteiger partial charge on any atom is -0.468 e. The van der Waals surface area contributed by atoms with Crippen LogP contribution in [0.15, 0.2) is 0 Å². The summed E-state index contributed by atoms with van der Waals surface area (Å²) in [5.41, 5.74) is 5.82. The maximum Gasteiger partial charge on any atom is 0.325 e. The first-order chi connectivity index (χ1) is 7.92. The maximum atomic E-state index is 12.0. The van der Waals surface area contributed by atoms with Crippen LogP contribution in [-0.4, -0.2) is 43.0 Å². The van der Waals surface area contributed by atoms with Gasteiger partial charge in [-0.05, 0) is 18.8 Å². The molecule has 0 rings (SSSR count). The number of rotatable bonds is 7. The third-order valence-corrected chi connectivity index (χ3v) is 2.40. The first-order valence-electron chi connectivity index (χ1n) is 6.03. The summed E-state index contributed by atoms with van der Waals surface area (Å²) in [6.07, 6.45) is 1.41. The highest BCUT2D eigenvalue weighted by atomic mass is 16.5. The van der Waals surface area contributed by atoms with E-state index in [4.69, 9.17) is 5.73 Å². The van der Waals surface area contributed by atoms with Crippen LogP contribution in [0, 0.1) is 5.92 Å². The maximum absolute atomic E-state index is 12.0. The molecule has 17 heavy (non-hydrogen) atoms. The molecule has 1 amide bonds. The monoisotopic (exact) mass is 244 g/mol. The zero-order chi connectivity index (χ0) is 13.4. The van der Waals surface area contributed by atoms with Gasteiger partial charge in [0, 0.05) is 6.54 Å². The number of amides is 1. The van der Waals surface area contributed by atoms with Gasteiger partial charge in [0.25, 0.3) is 0 Å². The molecule has 0 heterocycles. The number of hydrogen-bond donors (Lipinski definition) is 1. The summed E-state index contributed by atoms with van der Waals surface area (Å²) < 4.78 is 4.56. The smallest absolute Gasteiger partial charge is 0.325 e. The fourth-order valence-electron chi connectivity index (χ4n) is 1.60. The van der Waals surface area contributed by atoms with Gasteiger partial charge >= 0.3 is 5.97 Å². The highest BCUT2D eigenvalue weighted by Gasteiger charge is 2.23. The van der Waals surface area contributed by atoms with Crippen LogP contribution in [-0.2, 0) is 14.3 Å². The van der Waals surface area contributed by atoms with E-state index in [-0.39, 0.29) is 12.5 Å². The van der Waals surface area contributed by atoms with Crippen LogP contribution in [0.4, 0.5) is 0 Å². The van der Waals surface area contributed by atoms with Gasteiger partial charge in [-0.3, -0.25) is 9.59 Å². The summed E-state index contributed by atoms with van der Waals surface area (Å²) in [7, 11) is 1.31. The van der Waals surface area contributed by atoms with Crippen molar-refractivity contribution in [1.82, 2.24) is 4.90 Å². The lowest BCUT2D eigenvalue weighted by atomic mass is 10.0. The standard InChI is InChI=1S/C12H24N2O3/c1-5-6-14(8-11(15)17-4)12(16)10(13)7-9(2)3/h9-10H,5-8,13H2,1-4H3/t10-/m0/s1. The van der Waals surface area contributed by atoms with Crippen LogP contribution in [0.25, 0.3) is 0 Å². The van der Waals surface area contributed by atoms with Crippen LogP contribution in [0.5, 0.6) is 0 Å². The number of methoxy groups -OCH3 is 1. The van der Waals surface area contributed by atoms with Gasteiger partial charge in [0.1, 0.15) is 6.54 Å². The molecule has 0 aliphatic carbocycles. The lowest BCUT2D eigenvalue weighted by molar-refractivity contribution is -0.147. The molecule has 0 aromatic carbocycles. The third-order valence-electron chi connectivity index (χ3n) is 2.40. The molecule has 0 spiro atoms. The molecular formula is C12H24N2O3. The highest BCUT2D eigenvalue weighted by molar-refractivity contribution is 5.85. The third kappa shape index (κ3) is 6.26. The topological polar surface area (TPSA) is 72.6 Å². The van der Waals surface area contributed by atoms with Crippen molar-refractivity contribution in [2.45, 2.75) is 39.7 Å². The minimum absolute atomic E-state index is 0.0189. The second-order valence-electron chi connectivity index (χ2n) is 4.57. The van der Waals surface area contributed by atoms with E-state index < -0.39 is 12.0 Å². The van der Waals surface area contributed by atoms with E-state index in [0.717, 1.165) is 6.42 Å². The predicted molar refractivity (Wildman–Crippen MR) is 66.3 cm³/mol. The van der Waals surface area contributed by atoms with Gasteiger partial charge in [0.2, 0.25) is 5.91 Å². The van der Waals surface area contributed by atoms with Gasteiger partial charge in [0.15, 0.2) is 0 Å². The molecule has 0 saturated heterocycles. The molecule has 5 heteroatoms. The fraction of sp³-hybridized carbons (Fsp3) is 0.833. The molecule has 2 N–H and O–H groups in total. The zero-order valence-electron chi connectivity index (χ0n) is 11.2. The Labute approximate surface area is 103 Å². The normalized spacial score (nSPS) is 12.4.